The highest BCUT2D eigenvalue weighted by Gasteiger charge is 2.29. The molecule has 2 rings (SSSR count). The fourth-order valence-corrected chi connectivity index (χ4v) is 2.55. The van der Waals surface area contributed by atoms with Crippen molar-refractivity contribution in [2.45, 2.75) is 19.8 Å². The summed E-state index contributed by atoms with van der Waals surface area (Å²) in [7, 11) is 0. The predicted molar refractivity (Wildman–Crippen MR) is 95.6 cm³/mol. The van der Waals surface area contributed by atoms with Crippen molar-refractivity contribution in [3.8, 4) is 6.07 Å². The fraction of sp³-hybridized carbons (Fsp3) is 0.238. The molecule has 0 aromatic heterocycles. The van der Waals surface area contributed by atoms with Crippen molar-refractivity contribution in [1.29, 1.82) is 5.26 Å². The average Bonchev–Trinajstić information content (AvgIpc) is 2.68. The van der Waals surface area contributed by atoms with Crippen molar-refractivity contribution in [2.75, 3.05) is 6.61 Å². The van der Waals surface area contributed by atoms with Gasteiger partial charge in [0.1, 0.15) is 5.92 Å². The number of Topliss-reactive ketones (excluding diaryl/α,β-unsaturated/α-hetero) is 2. The van der Waals surface area contributed by atoms with Gasteiger partial charge in [0, 0.05) is 17.5 Å². The van der Waals surface area contributed by atoms with E-state index in [1.165, 1.54) is 0 Å². The van der Waals surface area contributed by atoms with Gasteiger partial charge in [0.05, 0.1) is 18.2 Å². The lowest BCUT2D eigenvalue weighted by Gasteiger charge is -2.14. The highest BCUT2D eigenvalue weighted by molar-refractivity contribution is 6.09. The molecule has 5 heteroatoms. The van der Waals surface area contributed by atoms with Crippen LogP contribution in [0.4, 0.5) is 0 Å². The molecule has 0 aliphatic heterocycles. The van der Waals surface area contributed by atoms with Gasteiger partial charge in [-0.2, -0.15) is 5.26 Å². The molecule has 132 valence electrons. The molecule has 0 N–H and O–H groups in total. The van der Waals surface area contributed by atoms with Crippen LogP contribution in [0.2, 0.25) is 0 Å². The van der Waals surface area contributed by atoms with Gasteiger partial charge in [-0.1, -0.05) is 42.5 Å². The predicted octanol–water partition coefficient (Wildman–Crippen LogP) is 3.58. The van der Waals surface area contributed by atoms with E-state index < -0.39 is 11.9 Å². The summed E-state index contributed by atoms with van der Waals surface area (Å²) in [5, 5.41) is 8.80. The van der Waals surface area contributed by atoms with Crippen LogP contribution in [-0.2, 0) is 9.53 Å². The third-order valence-corrected chi connectivity index (χ3v) is 3.94. The SMILES string of the molecule is CCOC(=O)C(CCC(=O)c1ccc(C#N)cc1)C(=O)c1ccccc1. The number of rotatable bonds is 8. The molecule has 2 aromatic carbocycles. The number of nitrogens with zero attached hydrogens (tertiary/aromatic N) is 1. The molecule has 2 aromatic rings. The van der Waals surface area contributed by atoms with Crippen LogP contribution in [0.1, 0.15) is 46.0 Å². The Morgan fingerprint density at radius 3 is 2.23 bits per heavy atom. The van der Waals surface area contributed by atoms with Crippen molar-refractivity contribution >= 4 is 17.5 Å². The van der Waals surface area contributed by atoms with Crippen LogP contribution < -0.4 is 0 Å². The van der Waals surface area contributed by atoms with Gasteiger partial charge in [0.25, 0.3) is 0 Å². The van der Waals surface area contributed by atoms with E-state index in [-0.39, 0.29) is 31.0 Å². The first-order valence-corrected chi connectivity index (χ1v) is 8.36. The Morgan fingerprint density at radius 2 is 1.65 bits per heavy atom. The molecule has 0 amide bonds. The first-order valence-electron chi connectivity index (χ1n) is 8.36. The molecule has 0 saturated heterocycles. The summed E-state index contributed by atoms with van der Waals surface area (Å²) in [5.41, 5.74) is 1.32. The summed E-state index contributed by atoms with van der Waals surface area (Å²) in [5.74, 6) is -2.17. The van der Waals surface area contributed by atoms with E-state index in [0.717, 1.165) is 0 Å². The largest absolute Gasteiger partial charge is 0.465 e. The van der Waals surface area contributed by atoms with E-state index in [1.807, 2.05) is 6.07 Å². The van der Waals surface area contributed by atoms with Gasteiger partial charge in [-0.25, -0.2) is 0 Å². The Bertz CT molecular complexity index is 819. The van der Waals surface area contributed by atoms with Gasteiger partial charge in [-0.3, -0.25) is 14.4 Å². The van der Waals surface area contributed by atoms with Crippen LogP contribution in [0.15, 0.2) is 54.6 Å². The molecular weight excluding hydrogens is 330 g/mol. The Hall–Kier alpha value is -3.26. The van der Waals surface area contributed by atoms with Crippen LogP contribution in [-0.4, -0.2) is 24.1 Å². The molecule has 0 radical (unpaired) electrons. The van der Waals surface area contributed by atoms with Crippen molar-refractivity contribution in [1.82, 2.24) is 0 Å². The van der Waals surface area contributed by atoms with Gasteiger partial charge >= 0.3 is 5.97 Å². The van der Waals surface area contributed by atoms with Gasteiger partial charge in [-0.05, 0) is 25.5 Å². The van der Waals surface area contributed by atoms with Gasteiger partial charge in [0.2, 0.25) is 0 Å². The maximum atomic E-state index is 12.6. The molecule has 26 heavy (non-hydrogen) atoms. The molecule has 1 unspecified atom stereocenters. The second kappa shape index (κ2) is 9.28. The molecule has 0 spiro atoms. The molecule has 5 nitrogen and oxygen atoms in total. The van der Waals surface area contributed by atoms with Crippen molar-refractivity contribution in [3.63, 3.8) is 0 Å². The topological polar surface area (TPSA) is 84.2 Å². The second-order valence-electron chi connectivity index (χ2n) is 5.69. The second-order valence-corrected chi connectivity index (χ2v) is 5.69. The van der Waals surface area contributed by atoms with E-state index in [1.54, 1.807) is 61.5 Å². The summed E-state index contributed by atoms with van der Waals surface area (Å²) in [6, 6.07) is 16.7. The number of hydrogen-bond donors (Lipinski definition) is 0. The number of hydrogen-bond acceptors (Lipinski definition) is 5. The molecule has 0 heterocycles. The first kappa shape index (κ1) is 19.1. The number of carbonyl (C=O) groups is 3. The molecule has 0 bridgehead atoms. The van der Waals surface area contributed by atoms with E-state index in [0.29, 0.717) is 16.7 Å². The summed E-state index contributed by atoms with van der Waals surface area (Å²) in [6.45, 7) is 1.84. The standard InChI is InChI=1S/C21H19NO4/c1-2-26-21(25)18(20(24)17-6-4-3-5-7-17)12-13-19(23)16-10-8-15(14-22)9-11-16/h3-11,18H,2,12-13H2,1H3. The van der Waals surface area contributed by atoms with Crippen molar-refractivity contribution in [2.24, 2.45) is 5.92 Å². The maximum Gasteiger partial charge on any atom is 0.316 e. The number of esters is 1. The van der Waals surface area contributed by atoms with Gasteiger partial charge in [-0.15, -0.1) is 0 Å². The highest BCUT2D eigenvalue weighted by atomic mass is 16.5. The number of ether oxygens (including phenoxy) is 1. The van der Waals surface area contributed by atoms with Crippen LogP contribution in [0.25, 0.3) is 0 Å². The Balaban J connectivity index is 2.11. The lowest BCUT2D eigenvalue weighted by molar-refractivity contribution is -0.146. The maximum absolute atomic E-state index is 12.6. The van der Waals surface area contributed by atoms with E-state index >= 15 is 0 Å². The zero-order valence-corrected chi connectivity index (χ0v) is 14.5. The number of nitriles is 1. The van der Waals surface area contributed by atoms with Crippen molar-refractivity contribution in [3.05, 3.63) is 71.3 Å². The minimum absolute atomic E-state index is 0.0357. The van der Waals surface area contributed by atoms with Crippen LogP contribution in [0, 0.1) is 17.2 Å². The minimum atomic E-state index is -1.01. The first-order chi connectivity index (χ1) is 12.6. The molecule has 1 atom stereocenters. The van der Waals surface area contributed by atoms with Crippen LogP contribution in [0.3, 0.4) is 0 Å². The quantitative estimate of drug-likeness (QED) is 0.413. The van der Waals surface area contributed by atoms with Crippen molar-refractivity contribution < 1.29 is 19.1 Å². The zero-order chi connectivity index (χ0) is 18.9. The number of ketones is 2. The highest BCUT2D eigenvalue weighted by Crippen LogP contribution is 2.18. The number of benzene rings is 2. The molecule has 0 fully saturated rings. The summed E-state index contributed by atoms with van der Waals surface area (Å²) in [4.78, 5) is 37.2. The van der Waals surface area contributed by atoms with Crippen LogP contribution >= 0.6 is 0 Å². The Kier molecular flexibility index (Phi) is 6.81. The van der Waals surface area contributed by atoms with Gasteiger partial charge in [0.15, 0.2) is 11.6 Å². The summed E-state index contributed by atoms with van der Waals surface area (Å²) >= 11 is 0. The lowest BCUT2D eigenvalue weighted by atomic mass is 9.91. The minimum Gasteiger partial charge on any atom is -0.465 e. The lowest BCUT2D eigenvalue weighted by Crippen LogP contribution is -2.27. The van der Waals surface area contributed by atoms with E-state index in [4.69, 9.17) is 10.00 Å². The van der Waals surface area contributed by atoms with Gasteiger partial charge < -0.3 is 4.74 Å². The zero-order valence-electron chi connectivity index (χ0n) is 14.5. The molecule has 0 saturated carbocycles. The Morgan fingerprint density at radius 1 is 1.00 bits per heavy atom. The molecule has 0 aliphatic rings. The number of carbonyl (C=O) groups excluding carboxylic acids is 3. The third-order valence-electron chi connectivity index (χ3n) is 3.94. The fourth-order valence-electron chi connectivity index (χ4n) is 2.55. The monoisotopic (exact) mass is 349 g/mol. The Labute approximate surface area is 152 Å². The third kappa shape index (κ3) is 4.87. The smallest absolute Gasteiger partial charge is 0.316 e. The normalized spacial score (nSPS) is 11.2. The summed E-state index contributed by atoms with van der Waals surface area (Å²) < 4.78 is 5.01. The average molecular weight is 349 g/mol. The van der Waals surface area contributed by atoms with E-state index in [9.17, 15) is 14.4 Å². The van der Waals surface area contributed by atoms with Crippen LogP contribution in [0.5, 0.6) is 0 Å². The summed E-state index contributed by atoms with van der Waals surface area (Å²) in [6.07, 6.45) is 0.110. The molecular formula is C21H19NO4. The van der Waals surface area contributed by atoms with E-state index in [2.05, 4.69) is 0 Å². The molecule has 0 aliphatic carbocycles.